The first-order valence-electron chi connectivity index (χ1n) is 8.37. The number of nitrogens with zero attached hydrogens (tertiary/aromatic N) is 1. The highest BCUT2D eigenvalue weighted by atomic mass is 35.5. The predicted octanol–water partition coefficient (Wildman–Crippen LogP) is 4.43. The molecule has 0 unspecified atom stereocenters. The SMILES string of the molecule is CC(=O)N(CC(=O)Nc1ccc(OC(C)C)cc1)c1cccc(Cl)c1C. The number of hydrogen-bond acceptors (Lipinski definition) is 3. The fraction of sp³-hybridized carbons (Fsp3) is 0.300. The molecule has 0 atom stereocenters. The number of hydrogen-bond donors (Lipinski definition) is 1. The summed E-state index contributed by atoms with van der Waals surface area (Å²) >= 11 is 6.13. The summed E-state index contributed by atoms with van der Waals surface area (Å²) in [5.74, 6) is 0.209. The Morgan fingerprint density at radius 1 is 1.15 bits per heavy atom. The number of carbonyl (C=O) groups is 2. The first-order valence-corrected chi connectivity index (χ1v) is 8.75. The third-order valence-corrected chi connectivity index (χ3v) is 4.13. The van der Waals surface area contributed by atoms with E-state index in [4.69, 9.17) is 16.3 Å². The number of carbonyl (C=O) groups excluding carboxylic acids is 2. The molecular weight excluding hydrogens is 352 g/mol. The average Bonchev–Trinajstić information content (AvgIpc) is 2.56. The molecule has 138 valence electrons. The molecule has 0 saturated heterocycles. The molecule has 2 aromatic rings. The highest BCUT2D eigenvalue weighted by Gasteiger charge is 2.18. The van der Waals surface area contributed by atoms with E-state index in [0.717, 1.165) is 11.3 Å². The largest absolute Gasteiger partial charge is 0.491 e. The second kappa shape index (κ2) is 8.72. The molecule has 0 heterocycles. The number of halogens is 1. The first-order chi connectivity index (χ1) is 12.3. The molecule has 0 radical (unpaired) electrons. The molecule has 1 N–H and O–H groups in total. The van der Waals surface area contributed by atoms with E-state index < -0.39 is 0 Å². The third kappa shape index (κ3) is 5.23. The van der Waals surface area contributed by atoms with Crippen molar-refractivity contribution in [3.63, 3.8) is 0 Å². The molecular formula is C20H23ClN2O3. The van der Waals surface area contributed by atoms with Gasteiger partial charge in [0, 0.05) is 23.3 Å². The van der Waals surface area contributed by atoms with Crippen molar-refractivity contribution in [1.82, 2.24) is 0 Å². The summed E-state index contributed by atoms with van der Waals surface area (Å²) in [5.41, 5.74) is 2.02. The second-order valence-electron chi connectivity index (χ2n) is 6.23. The van der Waals surface area contributed by atoms with Crippen molar-refractivity contribution in [1.29, 1.82) is 0 Å². The van der Waals surface area contributed by atoms with Gasteiger partial charge in [0.15, 0.2) is 0 Å². The molecule has 5 nitrogen and oxygen atoms in total. The molecule has 0 fully saturated rings. The molecule has 0 aliphatic heterocycles. The molecule has 0 spiro atoms. The van der Waals surface area contributed by atoms with Crippen LogP contribution in [0.25, 0.3) is 0 Å². The molecule has 6 heteroatoms. The van der Waals surface area contributed by atoms with Gasteiger partial charge in [0.25, 0.3) is 0 Å². The fourth-order valence-electron chi connectivity index (χ4n) is 2.49. The molecule has 2 rings (SSSR count). The van der Waals surface area contributed by atoms with E-state index >= 15 is 0 Å². The lowest BCUT2D eigenvalue weighted by molar-refractivity contribution is -0.120. The van der Waals surface area contributed by atoms with Crippen LogP contribution in [-0.2, 0) is 9.59 Å². The Bertz CT molecular complexity index is 788. The summed E-state index contributed by atoms with van der Waals surface area (Å²) in [6.07, 6.45) is 0.0838. The molecule has 0 aliphatic carbocycles. The summed E-state index contributed by atoms with van der Waals surface area (Å²) in [6, 6.07) is 12.4. The maximum atomic E-state index is 12.4. The average molecular weight is 375 g/mol. The Balaban J connectivity index is 2.08. The van der Waals surface area contributed by atoms with Crippen molar-refractivity contribution in [2.45, 2.75) is 33.8 Å². The third-order valence-electron chi connectivity index (χ3n) is 3.72. The Kier molecular flexibility index (Phi) is 6.64. The Labute approximate surface area is 158 Å². The van der Waals surface area contributed by atoms with Crippen molar-refractivity contribution in [3.8, 4) is 5.75 Å². The van der Waals surface area contributed by atoms with E-state index in [1.807, 2.05) is 20.8 Å². The van der Waals surface area contributed by atoms with Crippen LogP contribution in [0.4, 0.5) is 11.4 Å². The van der Waals surface area contributed by atoms with E-state index in [1.54, 1.807) is 42.5 Å². The lowest BCUT2D eigenvalue weighted by atomic mass is 10.1. The normalized spacial score (nSPS) is 10.5. The van der Waals surface area contributed by atoms with Gasteiger partial charge in [-0.2, -0.15) is 0 Å². The molecule has 0 aromatic heterocycles. The molecule has 26 heavy (non-hydrogen) atoms. The summed E-state index contributed by atoms with van der Waals surface area (Å²) in [4.78, 5) is 25.8. The van der Waals surface area contributed by atoms with Crippen LogP contribution in [0.5, 0.6) is 5.75 Å². The topological polar surface area (TPSA) is 58.6 Å². The van der Waals surface area contributed by atoms with Crippen molar-refractivity contribution in [2.24, 2.45) is 0 Å². The highest BCUT2D eigenvalue weighted by molar-refractivity contribution is 6.31. The van der Waals surface area contributed by atoms with Crippen LogP contribution in [0.3, 0.4) is 0 Å². The molecule has 2 amide bonds. The minimum Gasteiger partial charge on any atom is -0.491 e. The minimum absolute atomic E-state index is 0.0838. The van der Waals surface area contributed by atoms with E-state index in [1.165, 1.54) is 11.8 Å². The summed E-state index contributed by atoms with van der Waals surface area (Å²) in [6.45, 7) is 7.04. The van der Waals surface area contributed by atoms with Gasteiger partial charge in [0.1, 0.15) is 12.3 Å². The zero-order valence-corrected chi connectivity index (χ0v) is 16.1. The molecule has 0 aliphatic rings. The van der Waals surface area contributed by atoms with Gasteiger partial charge in [-0.05, 0) is 62.7 Å². The second-order valence-corrected chi connectivity index (χ2v) is 6.64. The van der Waals surface area contributed by atoms with Crippen LogP contribution < -0.4 is 15.0 Å². The van der Waals surface area contributed by atoms with Gasteiger partial charge < -0.3 is 15.0 Å². The lowest BCUT2D eigenvalue weighted by Crippen LogP contribution is -2.37. The van der Waals surface area contributed by atoms with Crippen molar-refractivity contribution < 1.29 is 14.3 Å². The van der Waals surface area contributed by atoms with E-state index in [2.05, 4.69) is 5.32 Å². The predicted molar refractivity (Wildman–Crippen MR) is 105 cm³/mol. The Hall–Kier alpha value is -2.53. The van der Waals surface area contributed by atoms with Crippen molar-refractivity contribution in [3.05, 3.63) is 53.1 Å². The van der Waals surface area contributed by atoms with Crippen LogP contribution in [0, 0.1) is 6.92 Å². The number of benzene rings is 2. The van der Waals surface area contributed by atoms with E-state index in [9.17, 15) is 9.59 Å². The van der Waals surface area contributed by atoms with Gasteiger partial charge >= 0.3 is 0 Å². The fourth-order valence-corrected chi connectivity index (χ4v) is 2.66. The monoisotopic (exact) mass is 374 g/mol. The van der Waals surface area contributed by atoms with Crippen LogP contribution in [0.15, 0.2) is 42.5 Å². The number of amides is 2. The van der Waals surface area contributed by atoms with Crippen LogP contribution in [0.1, 0.15) is 26.3 Å². The zero-order valence-electron chi connectivity index (χ0n) is 15.4. The van der Waals surface area contributed by atoms with Gasteiger partial charge in [-0.3, -0.25) is 9.59 Å². The Morgan fingerprint density at radius 3 is 2.38 bits per heavy atom. The van der Waals surface area contributed by atoms with E-state index in [-0.39, 0.29) is 24.5 Å². The molecule has 0 saturated carbocycles. The van der Waals surface area contributed by atoms with Gasteiger partial charge in [-0.15, -0.1) is 0 Å². The van der Waals surface area contributed by atoms with Gasteiger partial charge in [0.2, 0.25) is 11.8 Å². The first kappa shape index (κ1) is 19.8. The number of ether oxygens (including phenoxy) is 1. The van der Waals surface area contributed by atoms with Gasteiger partial charge in [-0.1, -0.05) is 17.7 Å². The van der Waals surface area contributed by atoms with E-state index in [0.29, 0.717) is 16.4 Å². The summed E-state index contributed by atoms with van der Waals surface area (Å²) < 4.78 is 5.57. The maximum Gasteiger partial charge on any atom is 0.244 e. The quantitative estimate of drug-likeness (QED) is 0.813. The van der Waals surface area contributed by atoms with Gasteiger partial charge in [0.05, 0.1) is 6.10 Å². The number of nitrogens with one attached hydrogen (secondary N) is 1. The minimum atomic E-state index is -0.294. The lowest BCUT2D eigenvalue weighted by Gasteiger charge is -2.23. The van der Waals surface area contributed by atoms with Crippen molar-refractivity contribution >= 4 is 34.8 Å². The number of rotatable bonds is 6. The summed E-state index contributed by atoms with van der Waals surface area (Å²) in [5, 5.41) is 3.34. The van der Waals surface area contributed by atoms with Crippen LogP contribution >= 0.6 is 11.6 Å². The smallest absolute Gasteiger partial charge is 0.244 e. The van der Waals surface area contributed by atoms with Gasteiger partial charge in [-0.25, -0.2) is 0 Å². The summed E-state index contributed by atoms with van der Waals surface area (Å²) in [7, 11) is 0. The van der Waals surface area contributed by atoms with Crippen LogP contribution in [0.2, 0.25) is 5.02 Å². The highest BCUT2D eigenvalue weighted by Crippen LogP contribution is 2.26. The zero-order chi connectivity index (χ0) is 19.3. The van der Waals surface area contributed by atoms with Crippen molar-refractivity contribution in [2.75, 3.05) is 16.8 Å². The Morgan fingerprint density at radius 2 is 1.81 bits per heavy atom. The standard InChI is InChI=1S/C20H23ClN2O3/c1-13(2)26-17-10-8-16(9-11-17)22-20(25)12-23(15(4)24)19-7-5-6-18(21)14(19)3/h5-11,13H,12H2,1-4H3,(H,22,25). The molecule has 0 bridgehead atoms. The maximum absolute atomic E-state index is 12.4. The number of anilines is 2. The molecule has 2 aromatic carbocycles. The van der Waals surface area contributed by atoms with Crippen LogP contribution in [-0.4, -0.2) is 24.5 Å².